The Hall–Kier alpha value is -2.07. The van der Waals surface area contributed by atoms with Gasteiger partial charge in [-0.2, -0.15) is 0 Å². The van der Waals surface area contributed by atoms with E-state index in [1.807, 2.05) is 30.3 Å². The summed E-state index contributed by atoms with van der Waals surface area (Å²) in [5.41, 5.74) is 1.31. The Morgan fingerprint density at radius 3 is 2.65 bits per heavy atom. The minimum atomic E-state index is -0.404. The molecule has 2 N–H and O–H groups in total. The van der Waals surface area contributed by atoms with Gasteiger partial charge in [0.05, 0.1) is 24.5 Å². The fourth-order valence-electron chi connectivity index (χ4n) is 1.55. The second-order valence-electron chi connectivity index (χ2n) is 3.63. The van der Waals surface area contributed by atoms with Gasteiger partial charge in [-0.3, -0.25) is 4.79 Å². The number of amides is 1. The average molecular weight is 231 g/mol. The van der Waals surface area contributed by atoms with Crippen LogP contribution in [-0.2, 0) is 0 Å². The molecule has 1 atom stereocenters. The molecule has 0 bridgehead atoms. The van der Waals surface area contributed by atoms with Crippen LogP contribution in [0.2, 0.25) is 0 Å². The van der Waals surface area contributed by atoms with Crippen LogP contribution in [-0.4, -0.2) is 17.6 Å². The molecule has 2 aromatic rings. The number of nitrogens with one attached hydrogen (secondary N) is 1. The number of furan rings is 1. The van der Waals surface area contributed by atoms with Crippen LogP contribution in [0.3, 0.4) is 0 Å². The second kappa shape index (κ2) is 5.32. The molecule has 4 nitrogen and oxygen atoms in total. The molecule has 0 saturated carbocycles. The van der Waals surface area contributed by atoms with Gasteiger partial charge in [0.1, 0.15) is 6.26 Å². The van der Waals surface area contributed by atoms with Crippen molar-refractivity contribution in [2.45, 2.75) is 6.04 Å². The first kappa shape index (κ1) is 11.4. The molecule has 88 valence electrons. The van der Waals surface area contributed by atoms with Gasteiger partial charge in [0.25, 0.3) is 5.91 Å². The van der Waals surface area contributed by atoms with Gasteiger partial charge in [-0.25, -0.2) is 0 Å². The van der Waals surface area contributed by atoms with E-state index >= 15 is 0 Å². The predicted octanol–water partition coefficient (Wildman–Crippen LogP) is 1.74. The summed E-state index contributed by atoms with van der Waals surface area (Å²) >= 11 is 0. The Kier molecular flexibility index (Phi) is 3.57. The van der Waals surface area contributed by atoms with Crippen molar-refractivity contribution in [1.82, 2.24) is 5.32 Å². The number of aliphatic hydroxyl groups is 1. The lowest BCUT2D eigenvalue weighted by molar-refractivity contribution is 0.0915. The molecular formula is C13H13NO3. The molecule has 1 heterocycles. The molecule has 4 heteroatoms. The van der Waals surface area contributed by atoms with Crippen molar-refractivity contribution in [2.75, 3.05) is 6.61 Å². The second-order valence-corrected chi connectivity index (χ2v) is 3.63. The third-order valence-electron chi connectivity index (χ3n) is 2.47. The van der Waals surface area contributed by atoms with Crippen LogP contribution < -0.4 is 5.32 Å². The first-order valence-corrected chi connectivity index (χ1v) is 5.30. The van der Waals surface area contributed by atoms with E-state index in [0.29, 0.717) is 5.56 Å². The van der Waals surface area contributed by atoms with Gasteiger partial charge in [-0.05, 0) is 11.6 Å². The highest BCUT2D eigenvalue weighted by Gasteiger charge is 2.15. The van der Waals surface area contributed by atoms with Crippen LogP contribution in [0.5, 0.6) is 0 Å². The molecule has 0 spiro atoms. The third-order valence-corrected chi connectivity index (χ3v) is 2.47. The minimum Gasteiger partial charge on any atom is -0.472 e. The zero-order valence-corrected chi connectivity index (χ0v) is 9.17. The number of carbonyl (C=O) groups is 1. The molecule has 1 amide bonds. The van der Waals surface area contributed by atoms with Gasteiger partial charge in [-0.15, -0.1) is 0 Å². The minimum absolute atomic E-state index is 0.145. The molecule has 1 aromatic heterocycles. The maximum Gasteiger partial charge on any atom is 0.255 e. The highest BCUT2D eigenvalue weighted by molar-refractivity contribution is 5.94. The topological polar surface area (TPSA) is 62.5 Å². The van der Waals surface area contributed by atoms with Crippen molar-refractivity contribution >= 4 is 5.91 Å². The van der Waals surface area contributed by atoms with Crippen molar-refractivity contribution in [3.63, 3.8) is 0 Å². The molecule has 0 fully saturated rings. The Morgan fingerprint density at radius 2 is 2.06 bits per heavy atom. The van der Waals surface area contributed by atoms with Crippen LogP contribution in [0, 0.1) is 0 Å². The van der Waals surface area contributed by atoms with E-state index in [-0.39, 0.29) is 12.5 Å². The Labute approximate surface area is 98.9 Å². The van der Waals surface area contributed by atoms with Gasteiger partial charge in [0.2, 0.25) is 0 Å². The largest absolute Gasteiger partial charge is 0.472 e. The molecule has 0 aliphatic rings. The van der Waals surface area contributed by atoms with Crippen LogP contribution in [0.1, 0.15) is 22.0 Å². The Balaban J connectivity index is 2.09. The third kappa shape index (κ3) is 2.73. The van der Waals surface area contributed by atoms with Crippen molar-refractivity contribution in [3.8, 4) is 0 Å². The fourth-order valence-corrected chi connectivity index (χ4v) is 1.55. The summed E-state index contributed by atoms with van der Waals surface area (Å²) in [6.45, 7) is -0.145. The summed E-state index contributed by atoms with van der Waals surface area (Å²) in [7, 11) is 0. The molecule has 0 saturated heterocycles. The molecular weight excluding hydrogens is 218 g/mol. The number of hydrogen-bond donors (Lipinski definition) is 2. The SMILES string of the molecule is O=C(NC(CO)c1ccccc1)c1ccoc1. The van der Waals surface area contributed by atoms with Gasteiger partial charge in [0, 0.05) is 0 Å². The van der Waals surface area contributed by atoms with E-state index < -0.39 is 6.04 Å². The summed E-state index contributed by atoms with van der Waals surface area (Å²) in [5, 5.41) is 12.0. The van der Waals surface area contributed by atoms with E-state index in [4.69, 9.17) is 4.42 Å². The fraction of sp³-hybridized carbons (Fsp3) is 0.154. The highest BCUT2D eigenvalue weighted by Crippen LogP contribution is 2.12. The van der Waals surface area contributed by atoms with E-state index in [1.54, 1.807) is 6.07 Å². The van der Waals surface area contributed by atoms with Gasteiger partial charge >= 0.3 is 0 Å². The summed E-state index contributed by atoms with van der Waals surface area (Å²) in [5.74, 6) is -0.262. The van der Waals surface area contributed by atoms with Gasteiger partial charge in [-0.1, -0.05) is 30.3 Å². The summed E-state index contributed by atoms with van der Waals surface area (Å²) in [6.07, 6.45) is 2.81. The summed E-state index contributed by atoms with van der Waals surface area (Å²) in [6, 6.07) is 10.5. The number of rotatable bonds is 4. The monoisotopic (exact) mass is 231 g/mol. The first-order valence-electron chi connectivity index (χ1n) is 5.30. The smallest absolute Gasteiger partial charge is 0.255 e. The maximum atomic E-state index is 11.8. The molecule has 17 heavy (non-hydrogen) atoms. The quantitative estimate of drug-likeness (QED) is 0.842. The highest BCUT2D eigenvalue weighted by atomic mass is 16.3. The van der Waals surface area contributed by atoms with Gasteiger partial charge < -0.3 is 14.8 Å². The maximum absolute atomic E-state index is 11.8. The lowest BCUT2D eigenvalue weighted by atomic mass is 10.1. The molecule has 1 unspecified atom stereocenters. The van der Waals surface area contributed by atoms with Crippen LogP contribution in [0.25, 0.3) is 0 Å². The van der Waals surface area contributed by atoms with Crippen LogP contribution in [0.15, 0.2) is 53.3 Å². The Morgan fingerprint density at radius 1 is 1.29 bits per heavy atom. The van der Waals surface area contributed by atoms with Crippen molar-refractivity contribution < 1.29 is 14.3 Å². The normalized spacial score (nSPS) is 12.1. The van der Waals surface area contributed by atoms with Crippen molar-refractivity contribution in [2.24, 2.45) is 0 Å². The van der Waals surface area contributed by atoms with Crippen molar-refractivity contribution in [1.29, 1.82) is 0 Å². The van der Waals surface area contributed by atoms with E-state index in [2.05, 4.69) is 5.32 Å². The average Bonchev–Trinajstić information content (AvgIpc) is 2.90. The lowest BCUT2D eigenvalue weighted by Crippen LogP contribution is -2.30. The zero-order chi connectivity index (χ0) is 12.1. The Bertz CT molecular complexity index is 465. The summed E-state index contributed by atoms with van der Waals surface area (Å²) in [4.78, 5) is 11.8. The number of aliphatic hydroxyl groups excluding tert-OH is 1. The van der Waals surface area contributed by atoms with E-state index in [1.165, 1.54) is 12.5 Å². The lowest BCUT2D eigenvalue weighted by Gasteiger charge is -2.15. The standard InChI is InChI=1S/C13H13NO3/c15-8-12(10-4-2-1-3-5-10)14-13(16)11-6-7-17-9-11/h1-7,9,12,15H,8H2,(H,14,16). The molecule has 0 radical (unpaired) electrons. The molecule has 2 rings (SSSR count). The first-order chi connectivity index (χ1) is 8.31. The van der Waals surface area contributed by atoms with E-state index in [9.17, 15) is 9.90 Å². The number of hydrogen-bond acceptors (Lipinski definition) is 3. The summed E-state index contributed by atoms with van der Waals surface area (Å²) < 4.78 is 4.83. The zero-order valence-electron chi connectivity index (χ0n) is 9.17. The van der Waals surface area contributed by atoms with Crippen LogP contribution >= 0.6 is 0 Å². The molecule has 0 aliphatic carbocycles. The predicted molar refractivity (Wildman–Crippen MR) is 62.4 cm³/mol. The number of carbonyl (C=O) groups excluding carboxylic acids is 1. The van der Waals surface area contributed by atoms with Crippen LogP contribution in [0.4, 0.5) is 0 Å². The molecule has 0 aliphatic heterocycles. The van der Waals surface area contributed by atoms with Gasteiger partial charge in [0.15, 0.2) is 0 Å². The molecule has 1 aromatic carbocycles. The van der Waals surface area contributed by atoms with Crippen molar-refractivity contribution in [3.05, 3.63) is 60.1 Å². The van der Waals surface area contributed by atoms with E-state index in [0.717, 1.165) is 5.56 Å². The number of benzene rings is 1.